The maximum Gasteiger partial charge on any atom is 0.472 e. The molecule has 0 spiro atoms. The number of hydrogen-bond acceptors (Lipinski definition) is 18. The number of anilines is 2. The fourth-order valence-electron chi connectivity index (χ4n) is 6.33. The molecule has 0 radical (unpaired) electrons. The highest BCUT2D eigenvalue weighted by Crippen LogP contribution is 2.59. The second-order valence-corrected chi connectivity index (χ2v) is 16.6. The van der Waals surface area contributed by atoms with E-state index < -0.39 is 81.4 Å². The van der Waals surface area contributed by atoms with Crippen molar-refractivity contribution >= 4 is 71.8 Å². The first-order valence-electron chi connectivity index (χ1n) is 14.0. The Morgan fingerprint density at radius 1 is 1.19 bits per heavy atom. The van der Waals surface area contributed by atoms with E-state index in [1.807, 2.05) is 0 Å². The minimum atomic E-state index is -4.94. The summed E-state index contributed by atoms with van der Waals surface area (Å²) >= 11 is 6.22. The molecule has 3 aliphatic rings. The molecule has 3 fully saturated rings. The molecule has 0 aromatic carbocycles. The molecule has 1 saturated carbocycles. The van der Waals surface area contributed by atoms with Crippen LogP contribution in [0.4, 0.5) is 11.8 Å². The Bertz CT molecular complexity index is 2010. The predicted octanol–water partition coefficient (Wildman–Crippen LogP) is 0.285. The second-order valence-electron chi connectivity index (χ2n) is 11.6. The van der Waals surface area contributed by atoms with Crippen LogP contribution >= 0.6 is 26.1 Å². The number of nitrogen functional groups attached to an aromatic ring is 2. The standard InChI is InChI=1S/C23H29N9O11P2S2/c1-23-3-8(32-7-28-12-19(24)26-6-27-20(12)32)13(33)18(23)43-45(37,46)39-4-9-14(38-2)15(42-44(35,36)40-5-23)16(41-9)17-10-11(31-47-17)21(34)30-22(25)29-10/h6-9,13-16,18,33H,3-5H2,1-2H3,(H,35,36)(H,37,46)(H2,24,26,27)(H3,25,29,30,34)/t8-,9-,13+,14-,15-,16-,18+,23-,45?/m1/s1. The van der Waals surface area contributed by atoms with Crippen molar-refractivity contribution in [2.24, 2.45) is 5.41 Å². The highest BCUT2D eigenvalue weighted by atomic mass is 32.5. The van der Waals surface area contributed by atoms with Gasteiger partial charge in [-0.1, -0.05) is 6.92 Å². The van der Waals surface area contributed by atoms with Crippen LogP contribution in [0.3, 0.4) is 0 Å². The van der Waals surface area contributed by atoms with E-state index in [2.05, 4.69) is 29.3 Å². The molecule has 2 aliphatic heterocycles. The lowest BCUT2D eigenvalue weighted by Gasteiger charge is -2.34. The number of H-pyrrole nitrogens is 1. The van der Waals surface area contributed by atoms with Crippen LogP contribution in [-0.2, 0) is 43.9 Å². The minimum absolute atomic E-state index is 0.0274. The van der Waals surface area contributed by atoms with Gasteiger partial charge in [0.1, 0.15) is 54.0 Å². The van der Waals surface area contributed by atoms with Crippen LogP contribution < -0.4 is 17.0 Å². The van der Waals surface area contributed by atoms with Crippen molar-refractivity contribution in [3.8, 4) is 0 Å². The number of phosphoric acid groups is 1. The van der Waals surface area contributed by atoms with Gasteiger partial charge in [0.15, 0.2) is 17.0 Å². The number of imidazole rings is 1. The van der Waals surface area contributed by atoms with Crippen LogP contribution in [0.5, 0.6) is 0 Å². The van der Waals surface area contributed by atoms with Gasteiger partial charge in [0, 0.05) is 12.5 Å². The highest BCUT2D eigenvalue weighted by Gasteiger charge is 2.57. The topological polar surface area (TPSA) is 287 Å². The van der Waals surface area contributed by atoms with E-state index in [4.69, 9.17) is 50.8 Å². The Hall–Kier alpha value is -2.56. The first kappa shape index (κ1) is 33.0. The molecule has 0 amide bonds. The van der Waals surface area contributed by atoms with Crippen molar-refractivity contribution < 1.29 is 47.0 Å². The van der Waals surface area contributed by atoms with Crippen molar-refractivity contribution in [1.29, 1.82) is 0 Å². The molecule has 2 unspecified atom stereocenters. The summed E-state index contributed by atoms with van der Waals surface area (Å²) in [6.45, 7) is -3.43. The molecule has 20 nitrogen and oxygen atoms in total. The Morgan fingerprint density at radius 2 is 1.98 bits per heavy atom. The Kier molecular flexibility index (Phi) is 8.27. The Balaban J connectivity index is 1.24. The van der Waals surface area contributed by atoms with Gasteiger partial charge in [0.05, 0.1) is 30.5 Å². The van der Waals surface area contributed by atoms with E-state index in [1.54, 1.807) is 11.5 Å². The van der Waals surface area contributed by atoms with Crippen LogP contribution in [0.25, 0.3) is 22.2 Å². The van der Waals surface area contributed by atoms with Crippen molar-refractivity contribution in [1.82, 2.24) is 33.9 Å². The first-order chi connectivity index (χ1) is 22.2. The number of ether oxygens (including phenoxy) is 2. The molecule has 47 heavy (non-hydrogen) atoms. The third-order valence-corrected chi connectivity index (χ3v) is 11.9. The van der Waals surface area contributed by atoms with Gasteiger partial charge in [-0.3, -0.25) is 18.8 Å². The smallest absolute Gasteiger partial charge is 0.388 e. The maximum absolute atomic E-state index is 13.6. The van der Waals surface area contributed by atoms with Gasteiger partial charge in [-0.2, -0.15) is 4.37 Å². The van der Waals surface area contributed by atoms with E-state index in [1.165, 1.54) is 19.8 Å². The molecule has 10 atom stereocenters. The number of phosphoric ester groups is 1. The lowest BCUT2D eigenvalue weighted by Crippen LogP contribution is -2.39. The van der Waals surface area contributed by atoms with Crippen LogP contribution in [0, 0.1) is 5.41 Å². The van der Waals surface area contributed by atoms with Gasteiger partial charge >= 0.3 is 14.5 Å². The average Bonchev–Trinajstić information content (AvgIpc) is 3.75. The van der Waals surface area contributed by atoms with Crippen molar-refractivity contribution in [2.45, 2.75) is 56.0 Å². The molecule has 2 bridgehead atoms. The van der Waals surface area contributed by atoms with Gasteiger partial charge in [-0.25, -0.2) is 24.5 Å². The van der Waals surface area contributed by atoms with Gasteiger partial charge in [-0.15, -0.1) is 0 Å². The number of methoxy groups -OCH3 is 1. The maximum atomic E-state index is 13.6. The Labute approximate surface area is 273 Å². The molecule has 1 aliphatic carbocycles. The lowest BCUT2D eigenvalue weighted by molar-refractivity contribution is -0.0509. The first-order valence-corrected chi connectivity index (χ1v) is 18.8. The number of fused-ring (bicyclic) bond motifs is 5. The summed E-state index contributed by atoms with van der Waals surface area (Å²) in [5.74, 6) is -0.0485. The number of nitrogens with zero attached hydrogens (tertiary/aromatic N) is 6. The monoisotopic (exact) mass is 733 g/mol. The quantitative estimate of drug-likeness (QED) is 0.154. The molecule has 2 saturated heterocycles. The SMILES string of the molecule is CO[C@H]1[C@H]2OP(=O)(O)OC[C@@]3(C)C[C@@H](n4cnc5c(N)ncnc54)[C@H](O)[C@@H]3OP(O)(=S)OC[C@H]1O[C@H]2c1snc2c(=O)[nH]c(N)nc12. The van der Waals surface area contributed by atoms with Gasteiger partial charge in [0.25, 0.3) is 5.56 Å². The molecule has 7 rings (SSSR count). The number of nitrogens with one attached hydrogen (secondary N) is 1. The molecular weight excluding hydrogens is 704 g/mol. The van der Waals surface area contributed by atoms with Crippen LogP contribution in [-0.4, -0.2) is 99.6 Å². The summed E-state index contributed by atoms with van der Waals surface area (Å²) in [5.41, 5.74) is 10.6. The van der Waals surface area contributed by atoms with Gasteiger partial charge in [0.2, 0.25) is 5.95 Å². The predicted molar refractivity (Wildman–Crippen MR) is 166 cm³/mol. The number of aromatic amines is 1. The summed E-state index contributed by atoms with van der Waals surface area (Å²) in [4.78, 5) is 54.0. The summed E-state index contributed by atoms with van der Waals surface area (Å²) in [6, 6.07) is -0.778. The lowest BCUT2D eigenvalue weighted by atomic mass is 9.87. The van der Waals surface area contributed by atoms with E-state index in [9.17, 15) is 24.3 Å². The van der Waals surface area contributed by atoms with Crippen molar-refractivity contribution in [2.75, 3.05) is 31.8 Å². The van der Waals surface area contributed by atoms with E-state index in [0.717, 1.165) is 11.5 Å². The van der Waals surface area contributed by atoms with E-state index >= 15 is 0 Å². The van der Waals surface area contributed by atoms with Gasteiger partial charge < -0.3 is 49.4 Å². The number of hydrogen-bond donors (Lipinski definition) is 6. The largest absolute Gasteiger partial charge is 0.472 e. The highest BCUT2D eigenvalue weighted by molar-refractivity contribution is 8.07. The molecule has 8 N–H and O–H groups in total. The molecule has 24 heteroatoms. The fourth-order valence-corrected chi connectivity index (χ4v) is 9.79. The number of aliphatic hydroxyl groups excluding tert-OH is 1. The molecule has 4 aromatic heterocycles. The molecule has 6 heterocycles. The zero-order chi connectivity index (χ0) is 33.5. The van der Waals surface area contributed by atoms with Crippen molar-refractivity contribution in [3.63, 3.8) is 0 Å². The Morgan fingerprint density at radius 3 is 2.74 bits per heavy atom. The minimum Gasteiger partial charge on any atom is -0.388 e. The summed E-state index contributed by atoms with van der Waals surface area (Å²) in [6.07, 6.45) is -4.50. The zero-order valence-corrected chi connectivity index (χ0v) is 27.9. The molecular formula is C23H29N9O11P2S2. The van der Waals surface area contributed by atoms with Crippen LogP contribution in [0.15, 0.2) is 17.4 Å². The zero-order valence-electron chi connectivity index (χ0n) is 24.5. The summed E-state index contributed by atoms with van der Waals surface area (Å²) < 4.78 is 54.1. The molecule has 254 valence electrons. The number of aromatic nitrogens is 7. The number of rotatable bonds is 3. The molecule has 4 aromatic rings. The van der Waals surface area contributed by atoms with Crippen molar-refractivity contribution in [3.05, 3.63) is 27.9 Å². The number of nitrogens with two attached hydrogens (primary N) is 2. The van der Waals surface area contributed by atoms with E-state index in [-0.39, 0.29) is 34.1 Å². The van der Waals surface area contributed by atoms with Gasteiger partial charge in [-0.05, 0) is 29.8 Å². The summed E-state index contributed by atoms with van der Waals surface area (Å²) in [5, 5.41) is 11.6. The average molecular weight is 734 g/mol. The van der Waals surface area contributed by atoms with Crippen LogP contribution in [0.1, 0.15) is 30.4 Å². The number of aliphatic hydroxyl groups is 1. The third kappa shape index (κ3) is 5.80. The summed E-state index contributed by atoms with van der Waals surface area (Å²) in [7, 11) is -3.62. The fraction of sp³-hybridized carbons (Fsp3) is 0.565. The normalized spacial score (nSPS) is 38.2. The second kappa shape index (κ2) is 11.8. The third-order valence-electron chi connectivity index (χ3n) is 8.49. The van der Waals surface area contributed by atoms with Crippen LogP contribution in [0.2, 0.25) is 0 Å². The van der Waals surface area contributed by atoms with E-state index in [0.29, 0.717) is 11.2 Å².